The molecule has 5 nitrogen and oxygen atoms in total. The van der Waals surface area contributed by atoms with E-state index in [9.17, 15) is 13.2 Å². The molecule has 1 unspecified atom stereocenters. The summed E-state index contributed by atoms with van der Waals surface area (Å²) in [6, 6.07) is 19.3. The Labute approximate surface area is 184 Å². The van der Waals surface area contributed by atoms with Crippen molar-refractivity contribution in [1.29, 1.82) is 0 Å². The summed E-state index contributed by atoms with van der Waals surface area (Å²) in [5.74, 6) is -0.316. The van der Waals surface area contributed by atoms with Gasteiger partial charge in [-0.15, -0.1) is 0 Å². The third-order valence-electron chi connectivity index (χ3n) is 5.40. The number of hydrogen-bond donors (Lipinski definition) is 1. The molecular weight excluding hydrogens is 408 g/mol. The van der Waals surface area contributed by atoms with Gasteiger partial charge in [0, 0.05) is 12.6 Å². The summed E-state index contributed by atoms with van der Waals surface area (Å²) in [6.07, 6.45) is 0. The molecule has 1 atom stereocenters. The highest BCUT2D eigenvalue weighted by Crippen LogP contribution is 2.24. The van der Waals surface area contributed by atoms with Crippen molar-refractivity contribution >= 4 is 21.6 Å². The van der Waals surface area contributed by atoms with Crippen molar-refractivity contribution in [2.75, 3.05) is 11.4 Å². The molecule has 162 valence electrons. The molecule has 3 aromatic carbocycles. The second kappa shape index (κ2) is 8.94. The van der Waals surface area contributed by atoms with Gasteiger partial charge in [0.15, 0.2) is 0 Å². The number of benzene rings is 3. The number of amides is 1. The number of carbonyl (C=O) groups is 1. The fourth-order valence-corrected chi connectivity index (χ4v) is 4.68. The minimum atomic E-state index is -3.80. The lowest BCUT2D eigenvalue weighted by Crippen LogP contribution is -2.29. The summed E-state index contributed by atoms with van der Waals surface area (Å²) in [4.78, 5) is 12.9. The lowest BCUT2D eigenvalue weighted by Gasteiger charge is -2.20. The lowest BCUT2D eigenvalue weighted by atomic mass is 10.00. The van der Waals surface area contributed by atoms with Gasteiger partial charge in [0.25, 0.3) is 15.9 Å². The topological polar surface area (TPSA) is 66.5 Å². The van der Waals surface area contributed by atoms with Gasteiger partial charge in [-0.1, -0.05) is 47.5 Å². The standard InChI is InChI=1S/C25H28N2O3S/c1-17-10-13-22(14-11-17)27(5)31(29,30)23-8-6-7-21(16-23)25(28)26-20(4)24-15-18(2)9-12-19(24)3/h6-16,20H,1-5H3,(H,26,28). The monoisotopic (exact) mass is 436 g/mol. The van der Waals surface area contributed by atoms with Crippen LogP contribution in [-0.4, -0.2) is 21.4 Å². The summed E-state index contributed by atoms with van der Waals surface area (Å²) in [6.45, 7) is 7.88. The van der Waals surface area contributed by atoms with Crippen LogP contribution in [0.5, 0.6) is 0 Å². The van der Waals surface area contributed by atoms with Crippen LogP contribution >= 0.6 is 0 Å². The van der Waals surface area contributed by atoms with Crippen LogP contribution in [0.4, 0.5) is 5.69 Å². The number of hydrogen-bond acceptors (Lipinski definition) is 3. The van der Waals surface area contributed by atoms with Crippen molar-refractivity contribution in [3.63, 3.8) is 0 Å². The number of anilines is 1. The van der Waals surface area contributed by atoms with E-state index in [-0.39, 0.29) is 16.8 Å². The Morgan fingerprint density at radius 3 is 2.23 bits per heavy atom. The molecule has 6 heteroatoms. The number of sulfonamides is 1. The van der Waals surface area contributed by atoms with E-state index in [2.05, 4.69) is 11.4 Å². The molecule has 0 aromatic heterocycles. The van der Waals surface area contributed by atoms with Crippen LogP contribution < -0.4 is 9.62 Å². The minimum absolute atomic E-state index is 0.0719. The molecule has 3 aromatic rings. The van der Waals surface area contributed by atoms with Gasteiger partial charge in [0.1, 0.15) is 0 Å². The maximum Gasteiger partial charge on any atom is 0.264 e. The van der Waals surface area contributed by atoms with E-state index in [1.165, 1.54) is 23.5 Å². The van der Waals surface area contributed by atoms with Gasteiger partial charge in [0.2, 0.25) is 0 Å². The Kier molecular flexibility index (Phi) is 6.51. The zero-order valence-corrected chi connectivity index (χ0v) is 19.3. The van der Waals surface area contributed by atoms with Gasteiger partial charge in [-0.05, 0) is 69.2 Å². The minimum Gasteiger partial charge on any atom is -0.346 e. The number of rotatable bonds is 6. The smallest absolute Gasteiger partial charge is 0.264 e. The van der Waals surface area contributed by atoms with Crippen molar-refractivity contribution < 1.29 is 13.2 Å². The number of carbonyl (C=O) groups excluding carboxylic acids is 1. The van der Waals surface area contributed by atoms with Crippen molar-refractivity contribution in [3.05, 3.63) is 94.5 Å². The first kappa shape index (κ1) is 22.6. The van der Waals surface area contributed by atoms with Gasteiger partial charge in [-0.3, -0.25) is 9.10 Å². The summed E-state index contributed by atoms with van der Waals surface area (Å²) in [5.41, 5.74) is 5.16. The normalized spacial score (nSPS) is 12.3. The molecule has 0 bridgehead atoms. The average Bonchev–Trinajstić information content (AvgIpc) is 2.75. The van der Waals surface area contributed by atoms with Crippen LogP contribution in [-0.2, 0) is 10.0 Å². The summed E-state index contributed by atoms with van der Waals surface area (Å²) in [5, 5.41) is 2.98. The fourth-order valence-electron chi connectivity index (χ4n) is 3.43. The lowest BCUT2D eigenvalue weighted by molar-refractivity contribution is 0.0939. The highest BCUT2D eigenvalue weighted by atomic mass is 32.2. The average molecular weight is 437 g/mol. The van der Waals surface area contributed by atoms with E-state index in [0.717, 1.165) is 22.3 Å². The van der Waals surface area contributed by atoms with E-state index in [0.29, 0.717) is 11.3 Å². The Morgan fingerprint density at radius 2 is 1.55 bits per heavy atom. The third-order valence-corrected chi connectivity index (χ3v) is 7.18. The van der Waals surface area contributed by atoms with Crippen LogP contribution in [0.1, 0.15) is 45.6 Å². The van der Waals surface area contributed by atoms with Gasteiger partial charge in [0.05, 0.1) is 16.6 Å². The van der Waals surface area contributed by atoms with Crippen molar-refractivity contribution in [2.24, 2.45) is 0 Å². The third kappa shape index (κ3) is 4.97. The van der Waals surface area contributed by atoms with Crippen LogP contribution in [0.25, 0.3) is 0 Å². The van der Waals surface area contributed by atoms with E-state index in [1.807, 2.05) is 52.0 Å². The van der Waals surface area contributed by atoms with E-state index in [4.69, 9.17) is 0 Å². The zero-order valence-electron chi connectivity index (χ0n) is 18.5. The number of nitrogens with zero attached hydrogens (tertiary/aromatic N) is 1. The van der Waals surface area contributed by atoms with Crippen LogP contribution in [0.2, 0.25) is 0 Å². The first-order valence-corrected chi connectivity index (χ1v) is 11.6. The molecule has 0 fully saturated rings. The maximum atomic E-state index is 13.1. The molecule has 1 N–H and O–H groups in total. The zero-order chi connectivity index (χ0) is 22.8. The SMILES string of the molecule is Cc1ccc(N(C)S(=O)(=O)c2cccc(C(=O)NC(C)c3cc(C)ccc3C)c2)cc1. The molecule has 0 aliphatic heterocycles. The number of aryl methyl sites for hydroxylation is 3. The first-order chi connectivity index (χ1) is 14.6. The van der Waals surface area contributed by atoms with E-state index < -0.39 is 10.0 Å². The predicted molar refractivity (Wildman–Crippen MR) is 125 cm³/mol. The van der Waals surface area contributed by atoms with E-state index >= 15 is 0 Å². The summed E-state index contributed by atoms with van der Waals surface area (Å²) >= 11 is 0. The highest BCUT2D eigenvalue weighted by molar-refractivity contribution is 7.92. The molecule has 0 radical (unpaired) electrons. The molecule has 31 heavy (non-hydrogen) atoms. The number of nitrogens with one attached hydrogen (secondary N) is 1. The Balaban J connectivity index is 1.84. The van der Waals surface area contributed by atoms with Gasteiger partial charge < -0.3 is 5.32 Å². The van der Waals surface area contributed by atoms with Crippen molar-refractivity contribution in [2.45, 2.75) is 38.6 Å². The molecule has 0 aliphatic carbocycles. The summed E-state index contributed by atoms with van der Waals surface area (Å²) < 4.78 is 27.4. The fraction of sp³-hybridized carbons (Fsp3) is 0.240. The van der Waals surface area contributed by atoms with Crippen LogP contribution in [0.3, 0.4) is 0 Å². The van der Waals surface area contributed by atoms with Crippen molar-refractivity contribution in [3.8, 4) is 0 Å². The molecule has 0 saturated heterocycles. The highest BCUT2D eigenvalue weighted by Gasteiger charge is 2.23. The first-order valence-electron chi connectivity index (χ1n) is 10.1. The van der Waals surface area contributed by atoms with Gasteiger partial charge in [-0.25, -0.2) is 8.42 Å². The Bertz CT molecular complexity index is 1200. The molecule has 0 aliphatic rings. The predicted octanol–water partition coefficient (Wildman–Crippen LogP) is 4.93. The second-order valence-electron chi connectivity index (χ2n) is 7.89. The Morgan fingerprint density at radius 1 is 0.903 bits per heavy atom. The second-order valence-corrected chi connectivity index (χ2v) is 9.86. The molecule has 1 amide bonds. The molecule has 0 spiro atoms. The molecule has 3 rings (SSSR count). The van der Waals surface area contributed by atoms with Crippen LogP contribution in [0, 0.1) is 20.8 Å². The molecule has 0 heterocycles. The van der Waals surface area contributed by atoms with E-state index in [1.54, 1.807) is 24.3 Å². The summed E-state index contributed by atoms with van der Waals surface area (Å²) in [7, 11) is -2.29. The van der Waals surface area contributed by atoms with Crippen LogP contribution in [0.15, 0.2) is 71.6 Å². The van der Waals surface area contributed by atoms with Gasteiger partial charge >= 0.3 is 0 Å². The van der Waals surface area contributed by atoms with Gasteiger partial charge in [-0.2, -0.15) is 0 Å². The maximum absolute atomic E-state index is 13.1. The molecule has 0 saturated carbocycles. The quantitative estimate of drug-likeness (QED) is 0.596. The Hall–Kier alpha value is -3.12. The largest absolute Gasteiger partial charge is 0.346 e. The molecular formula is C25H28N2O3S. The van der Waals surface area contributed by atoms with Crippen molar-refractivity contribution in [1.82, 2.24) is 5.32 Å².